The fourth-order valence-corrected chi connectivity index (χ4v) is 4.09. The smallest absolute Gasteiger partial charge is 0.268 e. The maximum Gasteiger partial charge on any atom is 0.268 e. The first kappa shape index (κ1) is 13.0. The van der Waals surface area contributed by atoms with Crippen molar-refractivity contribution in [3.8, 4) is 0 Å². The summed E-state index contributed by atoms with van der Waals surface area (Å²) in [4.78, 5) is 22.4. The Bertz CT molecular complexity index is 845. The molecule has 3 aromatic rings. The number of hydrogen-bond donors (Lipinski definition) is 1. The van der Waals surface area contributed by atoms with E-state index in [9.17, 15) is 4.79 Å². The molecule has 1 saturated heterocycles. The van der Waals surface area contributed by atoms with Gasteiger partial charge in [-0.15, -0.1) is 11.3 Å². The number of benzene rings is 1. The van der Waals surface area contributed by atoms with Crippen LogP contribution in [-0.4, -0.2) is 28.0 Å². The number of aromatic nitrogens is 2. The third-order valence-electron chi connectivity index (χ3n) is 4.10. The number of fused-ring (bicyclic) bond motifs is 3. The number of H-pyrrole nitrogens is 1. The van der Waals surface area contributed by atoms with E-state index in [0.29, 0.717) is 0 Å². The fraction of sp³-hybridized carbons (Fsp3) is 0.375. The minimum atomic E-state index is -0.00629. The van der Waals surface area contributed by atoms with Gasteiger partial charge in [0.25, 0.3) is 5.56 Å². The SMILES string of the molecule is O=c1[nH]c(CN2CCCCC2)nc2c1sc1ccccc12. The predicted molar refractivity (Wildman–Crippen MR) is 86.9 cm³/mol. The number of piperidine rings is 1. The third-order valence-corrected chi connectivity index (χ3v) is 5.26. The lowest BCUT2D eigenvalue weighted by molar-refractivity contribution is 0.216. The van der Waals surface area contributed by atoms with Gasteiger partial charge in [-0.2, -0.15) is 0 Å². The highest BCUT2D eigenvalue weighted by atomic mass is 32.1. The molecule has 0 aliphatic carbocycles. The summed E-state index contributed by atoms with van der Waals surface area (Å²) in [6, 6.07) is 8.10. The summed E-state index contributed by atoms with van der Waals surface area (Å²) in [6.45, 7) is 2.95. The molecule has 0 unspecified atom stereocenters. The molecule has 1 fully saturated rings. The molecule has 0 atom stereocenters. The van der Waals surface area contributed by atoms with E-state index in [1.165, 1.54) is 30.6 Å². The van der Waals surface area contributed by atoms with Crippen LogP contribution in [0.1, 0.15) is 25.1 Å². The Morgan fingerprint density at radius 3 is 2.86 bits per heavy atom. The van der Waals surface area contributed by atoms with E-state index in [4.69, 9.17) is 4.98 Å². The van der Waals surface area contributed by atoms with Gasteiger partial charge in [-0.25, -0.2) is 4.98 Å². The number of hydrogen-bond acceptors (Lipinski definition) is 4. The molecule has 4 nitrogen and oxygen atoms in total. The second-order valence-corrected chi connectivity index (χ2v) is 6.68. The first-order chi connectivity index (χ1) is 10.3. The van der Waals surface area contributed by atoms with Crippen LogP contribution in [0, 0.1) is 0 Å². The first-order valence-corrected chi connectivity index (χ1v) is 8.26. The van der Waals surface area contributed by atoms with Gasteiger partial charge in [-0.1, -0.05) is 24.6 Å². The number of nitrogens with zero attached hydrogens (tertiary/aromatic N) is 2. The molecular weight excluding hydrogens is 282 g/mol. The molecule has 1 aliphatic rings. The highest BCUT2D eigenvalue weighted by molar-refractivity contribution is 7.25. The quantitative estimate of drug-likeness (QED) is 0.791. The lowest BCUT2D eigenvalue weighted by atomic mass is 10.1. The van der Waals surface area contributed by atoms with Crippen molar-refractivity contribution in [2.24, 2.45) is 0 Å². The molecule has 1 N–H and O–H groups in total. The van der Waals surface area contributed by atoms with Gasteiger partial charge in [-0.05, 0) is 32.0 Å². The molecule has 0 spiro atoms. The third kappa shape index (κ3) is 2.36. The van der Waals surface area contributed by atoms with Crippen molar-refractivity contribution < 1.29 is 0 Å². The van der Waals surface area contributed by atoms with Crippen LogP contribution in [0.3, 0.4) is 0 Å². The van der Waals surface area contributed by atoms with E-state index < -0.39 is 0 Å². The summed E-state index contributed by atoms with van der Waals surface area (Å²) in [6.07, 6.45) is 3.80. The molecule has 5 heteroatoms. The lowest BCUT2D eigenvalue weighted by Gasteiger charge is -2.25. The number of aromatic amines is 1. The molecule has 2 aromatic heterocycles. The number of rotatable bonds is 2. The highest BCUT2D eigenvalue weighted by Crippen LogP contribution is 2.29. The van der Waals surface area contributed by atoms with Crippen molar-refractivity contribution in [1.29, 1.82) is 0 Å². The van der Waals surface area contributed by atoms with E-state index in [1.54, 1.807) is 0 Å². The Kier molecular flexibility index (Phi) is 3.24. The molecule has 0 bridgehead atoms. The van der Waals surface area contributed by atoms with Crippen LogP contribution in [0.2, 0.25) is 0 Å². The van der Waals surface area contributed by atoms with Gasteiger partial charge in [0.05, 0.1) is 12.1 Å². The normalized spacial score (nSPS) is 16.8. The maximum atomic E-state index is 12.3. The fourth-order valence-electron chi connectivity index (χ4n) is 3.05. The summed E-state index contributed by atoms with van der Waals surface area (Å²) in [5.74, 6) is 0.790. The Morgan fingerprint density at radius 2 is 2.00 bits per heavy atom. The van der Waals surface area contributed by atoms with Gasteiger partial charge >= 0.3 is 0 Å². The zero-order valence-electron chi connectivity index (χ0n) is 11.8. The average molecular weight is 299 g/mol. The monoisotopic (exact) mass is 299 g/mol. The summed E-state index contributed by atoms with van der Waals surface area (Å²) in [5.41, 5.74) is 0.847. The van der Waals surface area contributed by atoms with Crippen molar-refractivity contribution in [3.63, 3.8) is 0 Å². The molecule has 1 aromatic carbocycles. The highest BCUT2D eigenvalue weighted by Gasteiger charge is 2.14. The minimum absolute atomic E-state index is 0.00629. The van der Waals surface area contributed by atoms with Crippen LogP contribution in [0.25, 0.3) is 20.3 Å². The van der Waals surface area contributed by atoms with Gasteiger partial charge in [0.2, 0.25) is 0 Å². The minimum Gasteiger partial charge on any atom is -0.308 e. The van der Waals surface area contributed by atoms with Crippen LogP contribution >= 0.6 is 11.3 Å². The van der Waals surface area contributed by atoms with Crippen LogP contribution in [0.4, 0.5) is 0 Å². The summed E-state index contributed by atoms with van der Waals surface area (Å²) in [5, 5.41) is 1.09. The Labute approximate surface area is 126 Å². The molecule has 0 saturated carbocycles. The molecule has 0 amide bonds. The number of thiophene rings is 1. The molecule has 3 heterocycles. The van der Waals surface area contributed by atoms with Gasteiger partial charge in [0.15, 0.2) is 0 Å². The summed E-state index contributed by atoms with van der Waals surface area (Å²) >= 11 is 1.52. The van der Waals surface area contributed by atoms with Gasteiger partial charge in [0.1, 0.15) is 10.5 Å². The second kappa shape index (κ2) is 5.24. The first-order valence-electron chi connectivity index (χ1n) is 7.44. The number of likely N-dealkylation sites (tertiary alicyclic amines) is 1. The molecule has 108 valence electrons. The largest absolute Gasteiger partial charge is 0.308 e. The predicted octanol–water partition coefficient (Wildman–Crippen LogP) is 3.12. The topological polar surface area (TPSA) is 49.0 Å². The van der Waals surface area contributed by atoms with Crippen LogP contribution in [0.5, 0.6) is 0 Å². The average Bonchev–Trinajstić information content (AvgIpc) is 2.88. The van der Waals surface area contributed by atoms with Crippen molar-refractivity contribution >= 4 is 31.6 Å². The second-order valence-electron chi connectivity index (χ2n) is 5.63. The molecular formula is C16H17N3OS. The summed E-state index contributed by atoms with van der Waals surface area (Å²) < 4.78 is 1.86. The van der Waals surface area contributed by atoms with Crippen molar-refractivity contribution in [3.05, 3.63) is 40.4 Å². The van der Waals surface area contributed by atoms with Crippen LogP contribution < -0.4 is 5.56 Å². The standard InChI is InChI=1S/C16H17N3OS/c20-16-15-14(11-6-2-3-7-12(11)21-15)17-13(18-16)10-19-8-4-1-5-9-19/h2-3,6-7H,1,4-5,8-10H2,(H,17,18,20). The molecule has 4 rings (SSSR count). The van der Waals surface area contributed by atoms with Gasteiger partial charge in [-0.3, -0.25) is 9.69 Å². The molecule has 21 heavy (non-hydrogen) atoms. The lowest BCUT2D eigenvalue weighted by Crippen LogP contribution is -2.30. The van der Waals surface area contributed by atoms with E-state index in [-0.39, 0.29) is 5.56 Å². The Hall–Kier alpha value is -1.72. The van der Waals surface area contributed by atoms with Crippen LogP contribution in [-0.2, 0) is 6.54 Å². The van der Waals surface area contributed by atoms with Gasteiger partial charge in [0, 0.05) is 10.1 Å². The number of nitrogens with one attached hydrogen (secondary N) is 1. The zero-order valence-corrected chi connectivity index (χ0v) is 12.6. The van der Waals surface area contributed by atoms with E-state index in [1.807, 2.05) is 24.3 Å². The van der Waals surface area contributed by atoms with Crippen molar-refractivity contribution in [2.45, 2.75) is 25.8 Å². The molecule has 1 aliphatic heterocycles. The van der Waals surface area contributed by atoms with Crippen molar-refractivity contribution in [1.82, 2.24) is 14.9 Å². The Morgan fingerprint density at radius 1 is 1.19 bits per heavy atom. The van der Waals surface area contributed by atoms with E-state index in [0.717, 1.165) is 45.8 Å². The van der Waals surface area contributed by atoms with E-state index >= 15 is 0 Å². The zero-order chi connectivity index (χ0) is 14.2. The van der Waals surface area contributed by atoms with Crippen LogP contribution in [0.15, 0.2) is 29.1 Å². The molecule has 0 radical (unpaired) electrons. The van der Waals surface area contributed by atoms with E-state index in [2.05, 4.69) is 9.88 Å². The maximum absolute atomic E-state index is 12.3. The van der Waals surface area contributed by atoms with Gasteiger partial charge < -0.3 is 4.98 Å². The Balaban J connectivity index is 1.79. The van der Waals surface area contributed by atoms with Crippen molar-refractivity contribution in [2.75, 3.05) is 13.1 Å². The summed E-state index contributed by atoms with van der Waals surface area (Å²) in [7, 11) is 0.